The van der Waals surface area contributed by atoms with Gasteiger partial charge in [0.1, 0.15) is 29.4 Å². The summed E-state index contributed by atoms with van der Waals surface area (Å²) in [6.07, 6.45) is -0.241. The van der Waals surface area contributed by atoms with Crippen molar-refractivity contribution in [2.75, 3.05) is 12.8 Å². The van der Waals surface area contributed by atoms with E-state index < -0.39 is 19.2 Å². The van der Waals surface area contributed by atoms with Crippen LogP contribution in [0, 0.1) is 23.0 Å². The maximum atomic E-state index is 12.9. The first-order chi connectivity index (χ1) is 11.0. The summed E-state index contributed by atoms with van der Waals surface area (Å²) in [5.74, 6) is -0.630. The first-order valence-corrected chi connectivity index (χ1v) is 8.31. The smallest absolute Gasteiger partial charge is 0.415 e. The molecule has 0 saturated carbocycles. The third-order valence-corrected chi connectivity index (χ3v) is 4.21. The van der Waals surface area contributed by atoms with E-state index in [1.165, 1.54) is 24.3 Å². The monoisotopic (exact) mass is 338 g/mol. The Morgan fingerprint density at radius 1 is 0.957 bits per heavy atom. The van der Waals surface area contributed by atoms with Crippen LogP contribution < -0.4 is 14.4 Å². The van der Waals surface area contributed by atoms with E-state index in [0.717, 1.165) is 24.3 Å². The zero-order valence-corrected chi connectivity index (χ0v) is 12.8. The minimum Gasteiger partial charge on any atom is -0.415 e. The number of benzene rings is 2. The Hall–Kier alpha value is -2.42. The molecule has 2 aromatic carbocycles. The number of rotatable bonds is 7. The summed E-state index contributed by atoms with van der Waals surface area (Å²) in [6.45, 7) is -0.0520. The third-order valence-electron chi connectivity index (χ3n) is 2.63. The number of nitrogens with one attached hydrogen (secondary N) is 1. The SMILES string of the molecule is N#CCNCP(=O)(Oc1ccc(F)cc1)Oc1ccc(F)cc1. The summed E-state index contributed by atoms with van der Waals surface area (Å²) in [6, 6.07) is 11.7. The first-order valence-electron chi connectivity index (χ1n) is 6.58. The fourth-order valence-electron chi connectivity index (χ4n) is 1.64. The van der Waals surface area contributed by atoms with Crippen LogP contribution in [0.1, 0.15) is 0 Å². The van der Waals surface area contributed by atoms with Gasteiger partial charge in [-0.2, -0.15) is 5.26 Å². The molecule has 0 radical (unpaired) electrons. The summed E-state index contributed by atoms with van der Waals surface area (Å²) < 4.78 is 49.3. The second kappa shape index (κ2) is 7.73. The number of hydrogen-bond acceptors (Lipinski definition) is 5. The van der Waals surface area contributed by atoms with Crippen molar-refractivity contribution >= 4 is 7.60 Å². The summed E-state index contributed by atoms with van der Waals surface area (Å²) in [5, 5.41) is 11.2. The molecule has 0 unspecified atom stereocenters. The predicted molar refractivity (Wildman–Crippen MR) is 80.1 cm³/mol. The lowest BCUT2D eigenvalue weighted by molar-refractivity contribution is 0.381. The molecule has 0 atom stereocenters. The quantitative estimate of drug-likeness (QED) is 0.474. The van der Waals surface area contributed by atoms with E-state index in [9.17, 15) is 13.3 Å². The lowest BCUT2D eigenvalue weighted by atomic mass is 10.3. The third kappa shape index (κ3) is 5.37. The van der Waals surface area contributed by atoms with Gasteiger partial charge in [-0.3, -0.25) is 5.32 Å². The van der Waals surface area contributed by atoms with Crippen molar-refractivity contribution in [2.24, 2.45) is 0 Å². The van der Waals surface area contributed by atoms with Gasteiger partial charge in [-0.25, -0.2) is 13.3 Å². The van der Waals surface area contributed by atoms with Crippen molar-refractivity contribution in [1.82, 2.24) is 5.32 Å². The van der Waals surface area contributed by atoms with Crippen LogP contribution in [0.4, 0.5) is 8.78 Å². The minimum atomic E-state index is -3.73. The molecule has 120 valence electrons. The van der Waals surface area contributed by atoms with Gasteiger partial charge in [0.25, 0.3) is 0 Å². The number of hydrogen-bond donors (Lipinski definition) is 1. The average Bonchev–Trinajstić information content (AvgIpc) is 2.52. The van der Waals surface area contributed by atoms with Crippen molar-refractivity contribution < 1.29 is 22.4 Å². The molecular formula is C15H13F2N2O3P. The molecule has 0 fully saturated rings. The molecule has 0 aliphatic rings. The highest BCUT2D eigenvalue weighted by molar-refractivity contribution is 7.54. The van der Waals surface area contributed by atoms with Crippen molar-refractivity contribution in [3.8, 4) is 17.6 Å². The second-order valence-corrected chi connectivity index (χ2v) is 6.35. The zero-order chi connectivity index (χ0) is 16.7. The number of halogens is 2. The van der Waals surface area contributed by atoms with Crippen molar-refractivity contribution in [2.45, 2.75) is 0 Å². The van der Waals surface area contributed by atoms with Crippen LogP contribution in [0.3, 0.4) is 0 Å². The molecule has 0 saturated heterocycles. The Morgan fingerprint density at radius 3 is 1.78 bits per heavy atom. The Labute approximate surface area is 132 Å². The molecule has 0 aromatic heterocycles. The van der Waals surface area contributed by atoms with E-state index in [1.54, 1.807) is 0 Å². The van der Waals surface area contributed by atoms with Crippen molar-refractivity contribution in [3.63, 3.8) is 0 Å². The molecular weight excluding hydrogens is 325 g/mol. The number of nitriles is 1. The molecule has 0 aliphatic heterocycles. The van der Waals surface area contributed by atoms with E-state index in [2.05, 4.69) is 5.32 Å². The maximum absolute atomic E-state index is 12.9. The highest BCUT2D eigenvalue weighted by Gasteiger charge is 2.28. The van der Waals surface area contributed by atoms with Gasteiger partial charge >= 0.3 is 7.60 Å². The van der Waals surface area contributed by atoms with Gasteiger partial charge in [0.15, 0.2) is 0 Å². The van der Waals surface area contributed by atoms with Gasteiger partial charge in [0.2, 0.25) is 0 Å². The molecule has 2 rings (SSSR count). The van der Waals surface area contributed by atoms with Crippen LogP contribution >= 0.6 is 7.60 Å². The topological polar surface area (TPSA) is 71.4 Å². The Bertz CT molecular complexity index is 678. The normalized spacial score (nSPS) is 10.8. The highest BCUT2D eigenvalue weighted by Crippen LogP contribution is 2.47. The molecule has 0 bridgehead atoms. The van der Waals surface area contributed by atoms with Gasteiger partial charge in [-0.1, -0.05) is 0 Å². The molecule has 0 spiro atoms. The summed E-state index contributed by atoms with van der Waals surface area (Å²) in [7, 11) is -3.73. The van der Waals surface area contributed by atoms with E-state index in [-0.39, 0.29) is 24.3 Å². The summed E-state index contributed by atoms with van der Waals surface area (Å²) in [5.41, 5.74) is 0. The van der Waals surface area contributed by atoms with E-state index in [4.69, 9.17) is 14.3 Å². The molecule has 5 nitrogen and oxygen atoms in total. The number of nitrogens with zero attached hydrogens (tertiary/aromatic N) is 1. The predicted octanol–water partition coefficient (Wildman–Crippen LogP) is 3.69. The first kappa shape index (κ1) is 16.9. The standard InChI is InChI=1S/C15H13F2N2O3P/c16-12-1-5-14(6-2-12)21-23(20,11-19-10-9-18)22-15-7-3-13(17)4-8-15/h1-8,19H,10-11H2. The zero-order valence-electron chi connectivity index (χ0n) is 11.9. The summed E-state index contributed by atoms with van der Waals surface area (Å²) >= 11 is 0. The molecule has 8 heteroatoms. The Morgan fingerprint density at radius 2 is 1.39 bits per heavy atom. The van der Waals surface area contributed by atoms with E-state index in [1.807, 2.05) is 6.07 Å². The second-order valence-electron chi connectivity index (χ2n) is 4.44. The molecule has 0 heterocycles. The lowest BCUT2D eigenvalue weighted by Crippen LogP contribution is -2.20. The molecule has 0 aliphatic carbocycles. The molecule has 0 amide bonds. The van der Waals surface area contributed by atoms with Crippen molar-refractivity contribution in [1.29, 1.82) is 5.26 Å². The van der Waals surface area contributed by atoms with E-state index >= 15 is 0 Å². The molecule has 1 N–H and O–H groups in total. The van der Waals surface area contributed by atoms with Crippen LogP contribution in [-0.2, 0) is 4.57 Å². The fraction of sp³-hybridized carbons (Fsp3) is 0.133. The van der Waals surface area contributed by atoms with E-state index in [0.29, 0.717) is 0 Å². The lowest BCUT2D eigenvalue weighted by Gasteiger charge is -2.20. The summed E-state index contributed by atoms with van der Waals surface area (Å²) in [4.78, 5) is 0. The van der Waals surface area contributed by atoms with Crippen molar-refractivity contribution in [3.05, 3.63) is 60.2 Å². The van der Waals surface area contributed by atoms with Gasteiger partial charge in [-0.15, -0.1) is 0 Å². The maximum Gasteiger partial charge on any atom is 0.444 e. The van der Waals surface area contributed by atoms with Gasteiger partial charge in [0, 0.05) is 0 Å². The Balaban J connectivity index is 2.17. The molecule has 2 aromatic rings. The van der Waals surface area contributed by atoms with Gasteiger partial charge in [-0.05, 0) is 48.5 Å². The average molecular weight is 338 g/mol. The largest absolute Gasteiger partial charge is 0.444 e. The van der Waals surface area contributed by atoms with Crippen LogP contribution in [-0.4, -0.2) is 12.8 Å². The van der Waals surface area contributed by atoms with Gasteiger partial charge < -0.3 is 9.05 Å². The van der Waals surface area contributed by atoms with Crippen LogP contribution in [0.25, 0.3) is 0 Å². The van der Waals surface area contributed by atoms with Gasteiger partial charge in [0.05, 0.1) is 12.6 Å². The molecule has 23 heavy (non-hydrogen) atoms. The highest BCUT2D eigenvalue weighted by atomic mass is 31.2. The van der Waals surface area contributed by atoms with Crippen LogP contribution in [0.15, 0.2) is 48.5 Å². The van der Waals surface area contributed by atoms with Crippen LogP contribution in [0.2, 0.25) is 0 Å². The van der Waals surface area contributed by atoms with Crippen LogP contribution in [0.5, 0.6) is 11.5 Å². The fourth-order valence-corrected chi connectivity index (χ4v) is 3.08. The Kier molecular flexibility index (Phi) is 5.69. The minimum absolute atomic E-state index is 0.0520.